The molecule has 8 heteroatoms. The molecule has 0 aliphatic carbocycles. The Hall–Kier alpha value is -1.42. The molecule has 3 N–H and O–H groups in total. The van der Waals surface area contributed by atoms with E-state index in [9.17, 15) is 4.79 Å². The number of rotatable bonds is 8. The van der Waals surface area contributed by atoms with E-state index < -0.39 is 0 Å². The number of aryl methyl sites for hydroxylation is 1. The third kappa shape index (κ3) is 10.2. The molecule has 158 valence electrons. The number of aromatic nitrogens is 1. The molecule has 1 aliphatic rings. The molecular formula is C20H35IN6O. The molecule has 0 aromatic carbocycles. The summed E-state index contributed by atoms with van der Waals surface area (Å²) >= 11 is 0. The number of nitrogens with zero attached hydrogens (tertiary/aromatic N) is 3. The summed E-state index contributed by atoms with van der Waals surface area (Å²) in [5.41, 5.74) is 0.885. The van der Waals surface area contributed by atoms with E-state index >= 15 is 0 Å². The van der Waals surface area contributed by atoms with Crippen LogP contribution < -0.4 is 16.0 Å². The van der Waals surface area contributed by atoms with Gasteiger partial charge in [0.15, 0.2) is 5.96 Å². The quantitative estimate of drug-likeness (QED) is 0.221. The van der Waals surface area contributed by atoms with E-state index in [1.54, 1.807) is 13.1 Å². The maximum absolute atomic E-state index is 12.0. The largest absolute Gasteiger partial charge is 0.356 e. The van der Waals surface area contributed by atoms with Crippen LogP contribution in [0.25, 0.3) is 0 Å². The lowest BCUT2D eigenvalue weighted by atomic mass is 10.2. The molecule has 0 atom stereocenters. The molecule has 0 unspecified atom stereocenters. The minimum Gasteiger partial charge on any atom is -0.356 e. The van der Waals surface area contributed by atoms with Crippen LogP contribution >= 0.6 is 24.0 Å². The van der Waals surface area contributed by atoms with Crippen LogP contribution in [0.15, 0.2) is 23.2 Å². The fourth-order valence-corrected chi connectivity index (χ4v) is 3.20. The molecule has 28 heavy (non-hydrogen) atoms. The number of hydrogen-bond donors (Lipinski definition) is 3. The van der Waals surface area contributed by atoms with Crippen molar-refractivity contribution in [3.63, 3.8) is 0 Å². The van der Waals surface area contributed by atoms with Crippen molar-refractivity contribution >= 4 is 41.7 Å². The summed E-state index contributed by atoms with van der Waals surface area (Å²) in [6, 6.07) is 5.58. The molecule has 0 saturated carbocycles. The topological polar surface area (TPSA) is 81.7 Å². The highest BCUT2D eigenvalue weighted by Gasteiger charge is 2.08. The van der Waals surface area contributed by atoms with Gasteiger partial charge in [0.1, 0.15) is 5.82 Å². The zero-order chi connectivity index (χ0) is 19.3. The molecule has 0 bridgehead atoms. The lowest BCUT2D eigenvalue weighted by molar-refractivity contribution is -0.116. The highest BCUT2D eigenvalue weighted by atomic mass is 127. The molecule has 2 rings (SSSR count). The van der Waals surface area contributed by atoms with Crippen molar-refractivity contribution < 1.29 is 4.79 Å². The summed E-state index contributed by atoms with van der Waals surface area (Å²) in [6.45, 7) is 6.92. The first-order valence-electron chi connectivity index (χ1n) is 10.1. The molecule has 2 heterocycles. The normalized spacial score (nSPS) is 15.3. The summed E-state index contributed by atoms with van der Waals surface area (Å²) in [6.07, 6.45) is 6.87. The molecule has 7 nitrogen and oxygen atoms in total. The molecule has 0 radical (unpaired) electrons. The van der Waals surface area contributed by atoms with Gasteiger partial charge in [-0.25, -0.2) is 4.98 Å². The minimum absolute atomic E-state index is 0. The molecule has 1 saturated heterocycles. The Labute approximate surface area is 186 Å². The Morgan fingerprint density at radius 1 is 1.14 bits per heavy atom. The van der Waals surface area contributed by atoms with Crippen molar-refractivity contribution in [3.05, 3.63) is 23.9 Å². The van der Waals surface area contributed by atoms with Crippen molar-refractivity contribution in [2.45, 2.75) is 45.4 Å². The number of halogens is 1. The first kappa shape index (κ1) is 24.6. The Morgan fingerprint density at radius 2 is 1.86 bits per heavy atom. The first-order valence-corrected chi connectivity index (χ1v) is 10.1. The second kappa shape index (κ2) is 14.6. The average Bonchev–Trinajstić information content (AvgIpc) is 2.92. The zero-order valence-corrected chi connectivity index (χ0v) is 19.5. The van der Waals surface area contributed by atoms with Gasteiger partial charge in [-0.2, -0.15) is 0 Å². The number of likely N-dealkylation sites (tertiary alicyclic amines) is 1. The van der Waals surface area contributed by atoms with Crippen molar-refractivity contribution in [2.75, 3.05) is 45.1 Å². The average molecular weight is 502 g/mol. The summed E-state index contributed by atoms with van der Waals surface area (Å²) in [4.78, 5) is 23.1. The van der Waals surface area contributed by atoms with Crippen LogP contribution in [0, 0.1) is 6.92 Å². The van der Waals surface area contributed by atoms with Crippen molar-refractivity contribution in [2.24, 2.45) is 4.99 Å². The summed E-state index contributed by atoms with van der Waals surface area (Å²) in [5, 5.41) is 9.33. The predicted molar refractivity (Wildman–Crippen MR) is 127 cm³/mol. The summed E-state index contributed by atoms with van der Waals surface area (Å²) in [7, 11) is 1.75. The fourth-order valence-electron chi connectivity index (χ4n) is 3.20. The molecule has 1 amide bonds. The van der Waals surface area contributed by atoms with Gasteiger partial charge in [0.2, 0.25) is 5.91 Å². The minimum atomic E-state index is -0.0581. The van der Waals surface area contributed by atoms with Crippen LogP contribution in [0.4, 0.5) is 5.82 Å². The number of aliphatic imine (C=N–C) groups is 1. The summed E-state index contributed by atoms with van der Waals surface area (Å²) in [5.74, 6) is 1.28. The number of anilines is 1. The Bertz CT molecular complexity index is 602. The fraction of sp³-hybridized carbons (Fsp3) is 0.650. The van der Waals surface area contributed by atoms with Gasteiger partial charge in [0, 0.05) is 32.3 Å². The lowest BCUT2D eigenvalue weighted by Crippen LogP contribution is -2.40. The van der Waals surface area contributed by atoms with Gasteiger partial charge in [-0.15, -0.1) is 24.0 Å². The maximum atomic E-state index is 12.0. The van der Waals surface area contributed by atoms with Gasteiger partial charge < -0.3 is 20.9 Å². The smallest absolute Gasteiger partial charge is 0.227 e. The maximum Gasteiger partial charge on any atom is 0.227 e. The van der Waals surface area contributed by atoms with Crippen LogP contribution in [0.5, 0.6) is 0 Å². The molecule has 1 aromatic rings. The van der Waals surface area contributed by atoms with E-state index in [-0.39, 0.29) is 29.9 Å². The van der Waals surface area contributed by atoms with Gasteiger partial charge in [-0.05, 0) is 58.0 Å². The van der Waals surface area contributed by atoms with Crippen molar-refractivity contribution in [1.29, 1.82) is 0 Å². The molecular weight excluding hydrogens is 467 g/mol. The zero-order valence-electron chi connectivity index (χ0n) is 17.2. The van der Waals surface area contributed by atoms with Crippen LogP contribution in [0.1, 0.15) is 44.2 Å². The second-order valence-electron chi connectivity index (χ2n) is 7.00. The highest BCUT2D eigenvalue weighted by Crippen LogP contribution is 2.09. The number of nitrogens with one attached hydrogen (secondary N) is 3. The van der Waals surface area contributed by atoms with Crippen LogP contribution in [-0.4, -0.2) is 61.5 Å². The summed E-state index contributed by atoms with van der Waals surface area (Å²) < 4.78 is 0. The standard InChI is InChI=1S/C20H34N6O.HI/c1-17-9-7-10-18(24-17)25-19(27)11-13-23-20(21-2)22-12-8-16-26-14-5-3-4-6-15-26;/h7,9-10H,3-6,8,11-16H2,1-2H3,(H2,21,22,23)(H,24,25,27);1H. The van der Waals surface area contributed by atoms with Crippen LogP contribution in [-0.2, 0) is 4.79 Å². The highest BCUT2D eigenvalue weighted by molar-refractivity contribution is 14.0. The number of hydrogen-bond acceptors (Lipinski definition) is 4. The van der Waals surface area contributed by atoms with E-state index in [0.29, 0.717) is 18.8 Å². The molecule has 1 fully saturated rings. The second-order valence-corrected chi connectivity index (χ2v) is 7.00. The van der Waals surface area contributed by atoms with Gasteiger partial charge in [-0.1, -0.05) is 18.9 Å². The van der Waals surface area contributed by atoms with E-state index in [2.05, 4.69) is 30.8 Å². The first-order chi connectivity index (χ1) is 13.2. The van der Waals surface area contributed by atoms with Crippen molar-refractivity contribution in [1.82, 2.24) is 20.5 Å². The van der Waals surface area contributed by atoms with E-state index in [4.69, 9.17) is 0 Å². The number of guanidine groups is 1. The lowest BCUT2D eigenvalue weighted by Gasteiger charge is -2.20. The Kier molecular flexibility index (Phi) is 12.8. The third-order valence-electron chi connectivity index (χ3n) is 4.67. The Morgan fingerprint density at radius 3 is 2.54 bits per heavy atom. The SMILES string of the molecule is CN=C(NCCCN1CCCCCC1)NCCC(=O)Nc1cccc(C)n1.I. The predicted octanol–water partition coefficient (Wildman–Crippen LogP) is 2.77. The Balaban J connectivity index is 0.00000392. The van der Waals surface area contributed by atoms with Gasteiger partial charge in [0.25, 0.3) is 0 Å². The molecule has 1 aliphatic heterocycles. The van der Waals surface area contributed by atoms with Gasteiger partial charge in [0.05, 0.1) is 0 Å². The van der Waals surface area contributed by atoms with Crippen molar-refractivity contribution in [3.8, 4) is 0 Å². The van der Waals surface area contributed by atoms with Crippen LogP contribution in [0.3, 0.4) is 0 Å². The number of carbonyl (C=O) groups is 1. The van der Waals surface area contributed by atoms with E-state index in [1.165, 1.54) is 38.8 Å². The van der Waals surface area contributed by atoms with E-state index in [0.717, 1.165) is 31.2 Å². The monoisotopic (exact) mass is 502 g/mol. The molecule has 0 spiro atoms. The van der Waals surface area contributed by atoms with Crippen LogP contribution in [0.2, 0.25) is 0 Å². The van der Waals surface area contributed by atoms with Gasteiger partial charge >= 0.3 is 0 Å². The van der Waals surface area contributed by atoms with E-state index in [1.807, 2.05) is 19.1 Å². The third-order valence-corrected chi connectivity index (χ3v) is 4.67. The number of amides is 1. The number of pyridine rings is 1. The number of carbonyl (C=O) groups excluding carboxylic acids is 1. The van der Waals surface area contributed by atoms with Gasteiger partial charge in [-0.3, -0.25) is 9.79 Å². The molecule has 1 aromatic heterocycles.